The van der Waals surface area contributed by atoms with Gasteiger partial charge in [0.25, 0.3) is 0 Å². The number of carbonyl (C=O) groups excluding carboxylic acids is 2. The monoisotopic (exact) mass is 394 g/mol. The van der Waals surface area contributed by atoms with Gasteiger partial charge in [-0.3, -0.25) is 9.59 Å². The van der Waals surface area contributed by atoms with E-state index in [1.807, 2.05) is 40.3 Å². The van der Waals surface area contributed by atoms with Crippen molar-refractivity contribution in [2.75, 3.05) is 26.7 Å². The summed E-state index contributed by atoms with van der Waals surface area (Å²) in [5.74, 6) is 1.90. The minimum atomic E-state index is 0.0831. The minimum Gasteiger partial charge on any atom is -0.496 e. The standard InChI is InChI=1S/C22H26N4O3/c1-15(27)25-10-8-19-18(14-25)12-23-22(24-19)17-7-9-26(13-17)21(28)11-16-5-3-4-6-20(16)29-2/h3-6,12,17H,7-11,13-14H2,1-2H3/t17-/m1/s1. The number of likely N-dealkylation sites (tertiary alicyclic amines) is 1. The predicted molar refractivity (Wildman–Crippen MR) is 107 cm³/mol. The SMILES string of the molecule is COc1ccccc1CC(=O)N1CC[C@@H](c2ncc3c(n2)CCN(C(C)=O)C3)C1. The highest BCUT2D eigenvalue weighted by molar-refractivity contribution is 5.80. The molecule has 0 spiro atoms. The van der Waals surface area contributed by atoms with Gasteiger partial charge in [-0.2, -0.15) is 0 Å². The molecule has 152 valence electrons. The Morgan fingerprint density at radius 1 is 1.21 bits per heavy atom. The number of methoxy groups -OCH3 is 1. The molecule has 4 rings (SSSR count). The van der Waals surface area contributed by atoms with Gasteiger partial charge in [0, 0.05) is 62.8 Å². The van der Waals surface area contributed by atoms with Crippen molar-refractivity contribution in [3.05, 3.63) is 53.1 Å². The molecule has 1 aromatic carbocycles. The number of benzene rings is 1. The highest BCUT2D eigenvalue weighted by atomic mass is 16.5. The van der Waals surface area contributed by atoms with Gasteiger partial charge in [0.2, 0.25) is 11.8 Å². The molecule has 7 heteroatoms. The molecular formula is C22H26N4O3. The highest BCUT2D eigenvalue weighted by Gasteiger charge is 2.30. The van der Waals surface area contributed by atoms with Crippen molar-refractivity contribution in [1.82, 2.24) is 19.8 Å². The summed E-state index contributed by atoms with van der Waals surface area (Å²) in [5, 5.41) is 0. The number of hydrogen-bond acceptors (Lipinski definition) is 5. The Kier molecular flexibility index (Phi) is 5.47. The lowest BCUT2D eigenvalue weighted by Gasteiger charge is -2.27. The number of nitrogens with zero attached hydrogens (tertiary/aromatic N) is 4. The molecule has 2 aromatic rings. The molecule has 2 amide bonds. The molecule has 7 nitrogen and oxygen atoms in total. The van der Waals surface area contributed by atoms with Gasteiger partial charge < -0.3 is 14.5 Å². The second kappa shape index (κ2) is 8.19. The molecule has 0 unspecified atom stereocenters. The zero-order valence-corrected chi connectivity index (χ0v) is 16.9. The van der Waals surface area contributed by atoms with Crippen molar-refractivity contribution in [3.8, 4) is 5.75 Å². The zero-order chi connectivity index (χ0) is 20.4. The molecule has 1 atom stereocenters. The molecule has 2 aliphatic rings. The van der Waals surface area contributed by atoms with Gasteiger partial charge in [0.15, 0.2) is 0 Å². The molecule has 1 aromatic heterocycles. The molecule has 0 aliphatic carbocycles. The van der Waals surface area contributed by atoms with Crippen LogP contribution < -0.4 is 4.74 Å². The third kappa shape index (κ3) is 4.09. The molecule has 3 heterocycles. The molecule has 0 radical (unpaired) electrons. The maximum absolute atomic E-state index is 12.8. The molecule has 0 N–H and O–H groups in total. The Labute approximate surface area is 170 Å². The molecule has 29 heavy (non-hydrogen) atoms. The van der Waals surface area contributed by atoms with Crippen molar-refractivity contribution >= 4 is 11.8 Å². The fourth-order valence-corrected chi connectivity index (χ4v) is 4.12. The van der Waals surface area contributed by atoms with E-state index in [1.165, 1.54) is 0 Å². The molecule has 0 bridgehead atoms. The van der Waals surface area contributed by atoms with Crippen molar-refractivity contribution in [1.29, 1.82) is 0 Å². The van der Waals surface area contributed by atoms with Crippen LogP contribution >= 0.6 is 0 Å². The van der Waals surface area contributed by atoms with E-state index in [0.29, 0.717) is 26.1 Å². The van der Waals surface area contributed by atoms with Gasteiger partial charge >= 0.3 is 0 Å². The number of amides is 2. The maximum atomic E-state index is 12.8. The fourth-order valence-electron chi connectivity index (χ4n) is 4.12. The molecular weight excluding hydrogens is 368 g/mol. The van der Waals surface area contributed by atoms with Crippen molar-refractivity contribution < 1.29 is 14.3 Å². The van der Waals surface area contributed by atoms with Crippen LogP contribution in [0.4, 0.5) is 0 Å². The van der Waals surface area contributed by atoms with E-state index in [1.54, 1.807) is 14.0 Å². The first-order chi connectivity index (χ1) is 14.0. The first-order valence-corrected chi connectivity index (χ1v) is 10.0. The van der Waals surface area contributed by atoms with E-state index >= 15 is 0 Å². The second-order valence-corrected chi connectivity index (χ2v) is 7.70. The lowest BCUT2D eigenvalue weighted by atomic mass is 10.0. The van der Waals surface area contributed by atoms with Crippen LogP contribution in [0.3, 0.4) is 0 Å². The van der Waals surface area contributed by atoms with Crippen LogP contribution in [0, 0.1) is 0 Å². The number of para-hydroxylation sites is 1. The maximum Gasteiger partial charge on any atom is 0.227 e. The highest BCUT2D eigenvalue weighted by Crippen LogP contribution is 2.28. The molecule has 1 saturated heterocycles. The van der Waals surface area contributed by atoms with E-state index in [-0.39, 0.29) is 17.7 Å². The third-order valence-corrected chi connectivity index (χ3v) is 5.84. The number of aromatic nitrogens is 2. The van der Waals surface area contributed by atoms with E-state index in [2.05, 4.69) is 4.98 Å². The largest absolute Gasteiger partial charge is 0.496 e. The first kappa shape index (κ1) is 19.4. The van der Waals surface area contributed by atoms with Crippen LogP contribution in [0.1, 0.15) is 41.9 Å². The van der Waals surface area contributed by atoms with Gasteiger partial charge in [0.05, 0.1) is 19.2 Å². The molecule has 2 aliphatic heterocycles. The Morgan fingerprint density at radius 2 is 2.03 bits per heavy atom. The van der Waals surface area contributed by atoms with Crippen LogP contribution in [0.2, 0.25) is 0 Å². The minimum absolute atomic E-state index is 0.0831. The number of fused-ring (bicyclic) bond motifs is 1. The van der Waals surface area contributed by atoms with E-state index < -0.39 is 0 Å². The summed E-state index contributed by atoms with van der Waals surface area (Å²) in [7, 11) is 1.62. The molecule has 1 fully saturated rings. The van der Waals surface area contributed by atoms with Gasteiger partial charge in [-0.1, -0.05) is 18.2 Å². The van der Waals surface area contributed by atoms with Gasteiger partial charge in [-0.25, -0.2) is 9.97 Å². The van der Waals surface area contributed by atoms with Crippen molar-refractivity contribution in [3.63, 3.8) is 0 Å². The lowest BCUT2D eigenvalue weighted by molar-refractivity contribution is -0.130. The number of rotatable bonds is 4. The summed E-state index contributed by atoms with van der Waals surface area (Å²) >= 11 is 0. The van der Waals surface area contributed by atoms with Crippen LogP contribution in [-0.2, 0) is 29.0 Å². The lowest BCUT2D eigenvalue weighted by Crippen LogP contribution is -2.35. The van der Waals surface area contributed by atoms with Crippen LogP contribution in [-0.4, -0.2) is 58.3 Å². The Hall–Kier alpha value is -2.96. The van der Waals surface area contributed by atoms with Crippen molar-refractivity contribution in [2.45, 2.75) is 38.6 Å². The zero-order valence-electron chi connectivity index (χ0n) is 16.9. The quantitative estimate of drug-likeness (QED) is 0.792. The first-order valence-electron chi connectivity index (χ1n) is 10.0. The number of carbonyl (C=O) groups is 2. The van der Waals surface area contributed by atoms with E-state index in [0.717, 1.165) is 47.8 Å². The average molecular weight is 394 g/mol. The Morgan fingerprint density at radius 3 is 2.83 bits per heavy atom. The smallest absolute Gasteiger partial charge is 0.227 e. The third-order valence-electron chi connectivity index (χ3n) is 5.84. The summed E-state index contributed by atoms with van der Waals surface area (Å²) < 4.78 is 5.36. The average Bonchev–Trinajstić information content (AvgIpc) is 3.24. The Bertz CT molecular complexity index is 930. The number of ether oxygens (including phenoxy) is 1. The second-order valence-electron chi connectivity index (χ2n) is 7.70. The summed E-state index contributed by atoms with van der Waals surface area (Å²) in [6.45, 7) is 4.24. The Balaban J connectivity index is 1.41. The summed E-state index contributed by atoms with van der Waals surface area (Å²) in [4.78, 5) is 37.5. The number of hydrogen-bond donors (Lipinski definition) is 0. The van der Waals surface area contributed by atoms with Crippen molar-refractivity contribution in [2.24, 2.45) is 0 Å². The van der Waals surface area contributed by atoms with E-state index in [9.17, 15) is 9.59 Å². The molecule has 0 saturated carbocycles. The topological polar surface area (TPSA) is 75.6 Å². The fraction of sp³-hybridized carbons (Fsp3) is 0.455. The van der Waals surface area contributed by atoms with Gasteiger partial charge in [0.1, 0.15) is 11.6 Å². The summed E-state index contributed by atoms with van der Waals surface area (Å²) in [5.41, 5.74) is 2.96. The van der Waals surface area contributed by atoms with Crippen LogP contribution in [0.15, 0.2) is 30.5 Å². The van der Waals surface area contributed by atoms with Crippen LogP contribution in [0.5, 0.6) is 5.75 Å². The van der Waals surface area contributed by atoms with Crippen LogP contribution in [0.25, 0.3) is 0 Å². The predicted octanol–water partition coefficient (Wildman–Crippen LogP) is 1.95. The van der Waals surface area contributed by atoms with Gasteiger partial charge in [-0.05, 0) is 12.5 Å². The summed E-state index contributed by atoms with van der Waals surface area (Å²) in [6.07, 6.45) is 3.82. The normalized spacial score (nSPS) is 18.5. The van der Waals surface area contributed by atoms with Gasteiger partial charge in [-0.15, -0.1) is 0 Å². The summed E-state index contributed by atoms with van der Waals surface area (Å²) in [6, 6.07) is 7.64. The van der Waals surface area contributed by atoms with E-state index in [4.69, 9.17) is 9.72 Å².